The highest BCUT2D eigenvalue weighted by Gasteiger charge is 2.31. The third kappa shape index (κ3) is 5.82. The molecule has 0 aliphatic carbocycles. The molecule has 1 aliphatic rings. The van der Waals surface area contributed by atoms with Gasteiger partial charge < -0.3 is 19.9 Å². The SMILES string of the molecule is CCCCCOc1ccc(C2C(C#N)=C(N)Oc3cc(OC(=O)Cc4ccccc4)ccc32)cc1. The molecular weight excluding hydrogens is 440 g/mol. The van der Waals surface area contributed by atoms with Crippen molar-refractivity contribution in [3.63, 3.8) is 0 Å². The smallest absolute Gasteiger partial charge is 0.315 e. The number of fused-ring (bicyclic) bond motifs is 1. The second-order valence-electron chi connectivity index (χ2n) is 8.39. The van der Waals surface area contributed by atoms with Gasteiger partial charge in [-0.25, -0.2) is 0 Å². The Bertz CT molecular complexity index is 1240. The molecule has 6 heteroatoms. The molecule has 2 N–H and O–H groups in total. The third-order valence-corrected chi connectivity index (χ3v) is 5.84. The Morgan fingerprint density at radius 3 is 2.49 bits per heavy atom. The number of benzene rings is 3. The van der Waals surface area contributed by atoms with E-state index >= 15 is 0 Å². The fraction of sp³-hybridized carbons (Fsp3) is 0.241. The van der Waals surface area contributed by atoms with Gasteiger partial charge in [-0.1, -0.05) is 68.3 Å². The van der Waals surface area contributed by atoms with Gasteiger partial charge in [-0.15, -0.1) is 0 Å². The molecule has 3 aromatic carbocycles. The van der Waals surface area contributed by atoms with Gasteiger partial charge in [0.1, 0.15) is 28.9 Å². The van der Waals surface area contributed by atoms with Crippen molar-refractivity contribution < 1.29 is 19.0 Å². The Labute approximate surface area is 205 Å². The van der Waals surface area contributed by atoms with Crippen LogP contribution in [0.25, 0.3) is 0 Å². The van der Waals surface area contributed by atoms with Crippen LogP contribution in [0.5, 0.6) is 17.2 Å². The predicted molar refractivity (Wildman–Crippen MR) is 133 cm³/mol. The summed E-state index contributed by atoms with van der Waals surface area (Å²) in [7, 11) is 0. The third-order valence-electron chi connectivity index (χ3n) is 5.84. The van der Waals surface area contributed by atoms with Crippen LogP contribution in [0.2, 0.25) is 0 Å². The number of nitrogens with zero attached hydrogens (tertiary/aromatic N) is 1. The quantitative estimate of drug-likeness (QED) is 0.249. The van der Waals surface area contributed by atoms with E-state index in [-0.39, 0.29) is 18.3 Å². The molecule has 0 saturated carbocycles. The molecule has 0 aromatic heterocycles. The van der Waals surface area contributed by atoms with Crippen molar-refractivity contribution in [2.45, 2.75) is 38.5 Å². The Balaban J connectivity index is 1.53. The number of hydrogen-bond donors (Lipinski definition) is 1. The zero-order chi connectivity index (χ0) is 24.6. The lowest BCUT2D eigenvalue weighted by Gasteiger charge is -2.26. The van der Waals surface area contributed by atoms with E-state index in [0.717, 1.165) is 41.7 Å². The van der Waals surface area contributed by atoms with Crippen LogP contribution in [0.4, 0.5) is 0 Å². The summed E-state index contributed by atoms with van der Waals surface area (Å²) in [6.07, 6.45) is 3.46. The van der Waals surface area contributed by atoms with Crippen LogP contribution in [0.1, 0.15) is 48.8 Å². The summed E-state index contributed by atoms with van der Waals surface area (Å²) in [5, 5.41) is 9.79. The summed E-state index contributed by atoms with van der Waals surface area (Å²) in [6.45, 7) is 2.83. The number of nitrogens with two attached hydrogens (primary N) is 1. The van der Waals surface area contributed by atoms with Crippen LogP contribution < -0.4 is 19.9 Å². The van der Waals surface area contributed by atoms with Crippen molar-refractivity contribution in [3.8, 4) is 23.3 Å². The zero-order valence-corrected chi connectivity index (χ0v) is 19.7. The molecule has 0 fully saturated rings. The van der Waals surface area contributed by atoms with Crippen LogP contribution in [0.3, 0.4) is 0 Å². The number of ether oxygens (including phenoxy) is 3. The number of nitriles is 1. The zero-order valence-electron chi connectivity index (χ0n) is 19.7. The van der Waals surface area contributed by atoms with E-state index in [1.165, 1.54) is 0 Å². The van der Waals surface area contributed by atoms with Crippen molar-refractivity contribution in [1.82, 2.24) is 0 Å². The Hall–Kier alpha value is -4.24. The van der Waals surface area contributed by atoms with Gasteiger partial charge in [0.15, 0.2) is 0 Å². The summed E-state index contributed by atoms with van der Waals surface area (Å²) in [5.41, 5.74) is 8.98. The summed E-state index contributed by atoms with van der Waals surface area (Å²) in [6, 6.07) is 24.4. The second kappa shape index (κ2) is 11.3. The van der Waals surface area contributed by atoms with Gasteiger partial charge in [0.05, 0.1) is 18.9 Å². The molecule has 0 saturated heterocycles. The molecule has 3 aromatic rings. The van der Waals surface area contributed by atoms with E-state index in [1.807, 2.05) is 60.7 Å². The number of esters is 1. The molecule has 178 valence electrons. The minimum Gasteiger partial charge on any atom is -0.494 e. The summed E-state index contributed by atoms with van der Waals surface area (Å²) < 4.78 is 17.1. The van der Waals surface area contributed by atoms with Gasteiger partial charge in [0, 0.05) is 11.6 Å². The van der Waals surface area contributed by atoms with Gasteiger partial charge in [-0.2, -0.15) is 5.26 Å². The van der Waals surface area contributed by atoms with Crippen LogP contribution in [-0.2, 0) is 11.2 Å². The highest BCUT2D eigenvalue weighted by atomic mass is 16.5. The lowest BCUT2D eigenvalue weighted by molar-refractivity contribution is -0.133. The minimum atomic E-state index is -0.396. The van der Waals surface area contributed by atoms with Gasteiger partial charge in [0.25, 0.3) is 0 Å². The van der Waals surface area contributed by atoms with E-state index in [9.17, 15) is 10.1 Å². The number of rotatable bonds is 9. The Morgan fingerprint density at radius 2 is 1.77 bits per heavy atom. The maximum Gasteiger partial charge on any atom is 0.315 e. The normalized spacial score (nSPS) is 14.5. The van der Waals surface area contributed by atoms with Gasteiger partial charge >= 0.3 is 5.97 Å². The molecule has 1 unspecified atom stereocenters. The second-order valence-corrected chi connectivity index (χ2v) is 8.39. The van der Waals surface area contributed by atoms with E-state index in [4.69, 9.17) is 19.9 Å². The number of unbranched alkanes of at least 4 members (excludes halogenated alkanes) is 2. The van der Waals surface area contributed by atoms with Crippen molar-refractivity contribution in [3.05, 3.63) is 101 Å². The maximum absolute atomic E-state index is 12.4. The first-order valence-electron chi connectivity index (χ1n) is 11.8. The first kappa shape index (κ1) is 23.9. The van der Waals surface area contributed by atoms with Crippen molar-refractivity contribution in [2.24, 2.45) is 5.73 Å². The first-order chi connectivity index (χ1) is 17.1. The van der Waals surface area contributed by atoms with E-state index in [2.05, 4.69) is 13.0 Å². The lowest BCUT2D eigenvalue weighted by Crippen LogP contribution is -2.21. The molecule has 1 heterocycles. The van der Waals surface area contributed by atoms with E-state index in [0.29, 0.717) is 23.7 Å². The van der Waals surface area contributed by atoms with E-state index < -0.39 is 5.92 Å². The largest absolute Gasteiger partial charge is 0.494 e. The van der Waals surface area contributed by atoms with Crippen LogP contribution in [0.15, 0.2) is 84.3 Å². The molecular formula is C29H28N2O4. The lowest BCUT2D eigenvalue weighted by atomic mass is 9.83. The molecule has 4 rings (SSSR count). The molecule has 1 aliphatic heterocycles. The molecule has 1 atom stereocenters. The summed E-state index contributed by atoms with van der Waals surface area (Å²) in [4.78, 5) is 12.4. The highest BCUT2D eigenvalue weighted by molar-refractivity contribution is 5.75. The Morgan fingerprint density at radius 1 is 1.03 bits per heavy atom. The fourth-order valence-corrected chi connectivity index (χ4v) is 4.07. The predicted octanol–water partition coefficient (Wildman–Crippen LogP) is 5.62. The van der Waals surface area contributed by atoms with Gasteiger partial charge in [-0.3, -0.25) is 4.79 Å². The molecule has 0 radical (unpaired) electrons. The van der Waals surface area contributed by atoms with Crippen molar-refractivity contribution in [2.75, 3.05) is 6.61 Å². The van der Waals surface area contributed by atoms with Crippen LogP contribution >= 0.6 is 0 Å². The minimum absolute atomic E-state index is 0.0395. The molecule has 0 bridgehead atoms. The summed E-state index contributed by atoms with van der Waals surface area (Å²) in [5.74, 6) is 0.862. The van der Waals surface area contributed by atoms with Crippen molar-refractivity contribution >= 4 is 5.97 Å². The fourth-order valence-electron chi connectivity index (χ4n) is 4.07. The monoisotopic (exact) mass is 468 g/mol. The maximum atomic E-state index is 12.4. The molecule has 6 nitrogen and oxygen atoms in total. The summed E-state index contributed by atoms with van der Waals surface area (Å²) >= 11 is 0. The molecule has 35 heavy (non-hydrogen) atoms. The van der Waals surface area contributed by atoms with Gasteiger partial charge in [-0.05, 0) is 35.7 Å². The number of carbonyl (C=O) groups excluding carboxylic acids is 1. The first-order valence-corrected chi connectivity index (χ1v) is 11.8. The average molecular weight is 469 g/mol. The van der Waals surface area contributed by atoms with Gasteiger partial charge in [0.2, 0.25) is 5.88 Å². The van der Waals surface area contributed by atoms with Crippen molar-refractivity contribution in [1.29, 1.82) is 5.26 Å². The van der Waals surface area contributed by atoms with Crippen LogP contribution in [0, 0.1) is 11.3 Å². The standard InChI is InChI=1S/C29H28N2O4/c1-2-3-7-16-33-22-12-10-21(11-13-22)28-24-15-14-23(18-26(24)35-29(31)25(28)19-30)34-27(32)17-20-8-5-4-6-9-20/h4-6,8-15,18,28H,2-3,7,16-17,31H2,1H3. The highest BCUT2D eigenvalue weighted by Crippen LogP contribution is 2.43. The topological polar surface area (TPSA) is 94.6 Å². The van der Waals surface area contributed by atoms with Crippen LogP contribution in [-0.4, -0.2) is 12.6 Å². The molecule has 0 spiro atoms. The number of allylic oxidation sites excluding steroid dienone is 1. The average Bonchev–Trinajstić information content (AvgIpc) is 2.87. The van der Waals surface area contributed by atoms with E-state index in [1.54, 1.807) is 12.1 Å². The molecule has 0 amide bonds. The number of carbonyl (C=O) groups is 1. The Kier molecular flexibility index (Phi) is 7.69. The number of hydrogen-bond acceptors (Lipinski definition) is 6.